The van der Waals surface area contributed by atoms with Crippen molar-refractivity contribution in [3.8, 4) is 17.2 Å². The molecule has 4 nitrogen and oxygen atoms in total. The molecular weight excluding hydrogens is 362 g/mol. The van der Waals surface area contributed by atoms with E-state index >= 15 is 0 Å². The highest BCUT2D eigenvalue weighted by Gasteiger charge is 2.16. The average molecular weight is 383 g/mol. The molecule has 0 unspecified atom stereocenters. The Morgan fingerprint density at radius 1 is 0.655 bits per heavy atom. The molecule has 0 aliphatic rings. The van der Waals surface area contributed by atoms with E-state index in [9.17, 15) is 0 Å². The Balaban J connectivity index is 1.77. The lowest BCUT2D eigenvalue weighted by molar-refractivity contribution is 0.310. The molecule has 0 atom stereocenters. The van der Waals surface area contributed by atoms with Gasteiger partial charge in [-0.05, 0) is 29.1 Å². The van der Waals surface area contributed by atoms with Crippen LogP contribution in [0.3, 0.4) is 0 Å². The molecule has 5 rings (SSSR count). The minimum atomic E-state index is 0.496. The first-order chi connectivity index (χ1) is 14.3. The largest absolute Gasteiger partial charge is 0.493 e. The molecule has 0 saturated carbocycles. The van der Waals surface area contributed by atoms with Gasteiger partial charge in [-0.25, -0.2) is 0 Å². The lowest BCUT2D eigenvalue weighted by Gasteiger charge is -2.14. The third kappa shape index (κ3) is 2.93. The number of aromatic nitrogens is 1. The Morgan fingerprint density at radius 2 is 1.34 bits per heavy atom. The van der Waals surface area contributed by atoms with Gasteiger partial charge in [0, 0.05) is 27.7 Å². The summed E-state index contributed by atoms with van der Waals surface area (Å²) in [6.07, 6.45) is 0. The number of H-pyrrole nitrogens is 1. The number of ether oxygens (including phenoxy) is 3. The lowest BCUT2D eigenvalue weighted by Crippen LogP contribution is -1.97. The first kappa shape index (κ1) is 17.4. The van der Waals surface area contributed by atoms with Crippen LogP contribution in [0.25, 0.3) is 32.6 Å². The van der Waals surface area contributed by atoms with E-state index in [1.165, 1.54) is 5.39 Å². The summed E-state index contributed by atoms with van der Waals surface area (Å²) < 4.78 is 17.4. The SMILES string of the molecule is COc1cc2c(OCc3ccccc3)cc3[nH]c4ccccc4c3c2cc1OC. The highest BCUT2D eigenvalue weighted by molar-refractivity contribution is 6.22. The van der Waals surface area contributed by atoms with E-state index < -0.39 is 0 Å². The second kappa shape index (κ2) is 7.06. The molecule has 0 saturated heterocycles. The normalized spacial score (nSPS) is 11.2. The molecule has 1 heterocycles. The Labute approximate surface area is 168 Å². The fraction of sp³-hybridized carbons (Fsp3) is 0.120. The van der Waals surface area contributed by atoms with Crippen molar-refractivity contribution < 1.29 is 14.2 Å². The molecule has 29 heavy (non-hydrogen) atoms. The van der Waals surface area contributed by atoms with Gasteiger partial charge in [0.05, 0.1) is 19.7 Å². The van der Waals surface area contributed by atoms with Gasteiger partial charge in [0.1, 0.15) is 12.4 Å². The predicted octanol–water partition coefficient (Wildman–Crippen LogP) is 6.07. The van der Waals surface area contributed by atoms with E-state index in [4.69, 9.17) is 14.2 Å². The van der Waals surface area contributed by atoms with Gasteiger partial charge in [-0.15, -0.1) is 0 Å². The van der Waals surface area contributed by atoms with E-state index in [1.54, 1.807) is 14.2 Å². The number of fused-ring (bicyclic) bond motifs is 5. The number of hydrogen-bond acceptors (Lipinski definition) is 3. The van der Waals surface area contributed by atoms with Gasteiger partial charge in [-0.1, -0.05) is 48.5 Å². The van der Waals surface area contributed by atoms with Gasteiger partial charge in [-0.3, -0.25) is 0 Å². The van der Waals surface area contributed by atoms with E-state index in [0.29, 0.717) is 18.1 Å². The van der Waals surface area contributed by atoms with Crippen molar-refractivity contribution in [2.75, 3.05) is 14.2 Å². The summed E-state index contributed by atoms with van der Waals surface area (Å²) in [5, 5.41) is 4.40. The summed E-state index contributed by atoms with van der Waals surface area (Å²) in [5.74, 6) is 2.19. The smallest absolute Gasteiger partial charge is 0.161 e. The first-order valence-electron chi connectivity index (χ1n) is 9.54. The van der Waals surface area contributed by atoms with Crippen molar-refractivity contribution in [3.63, 3.8) is 0 Å². The van der Waals surface area contributed by atoms with E-state index in [-0.39, 0.29) is 0 Å². The molecular formula is C25H21NO3. The third-order valence-electron chi connectivity index (χ3n) is 5.31. The van der Waals surface area contributed by atoms with Gasteiger partial charge in [0.15, 0.2) is 11.5 Å². The van der Waals surface area contributed by atoms with Gasteiger partial charge in [0.2, 0.25) is 0 Å². The second-order valence-electron chi connectivity index (χ2n) is 6.99. The van der Waals surface area contributed by atoms with E-state index in [1.807, 2.05) is 36.4 Å². The monoisotopic (exact) mass is 383 g/mol. The molecule has 144 valence electrons. The Bertz CT molecular complexity index is 1320. The molecule has 0 spiro atoms. The molecule has 0 aliphatic heterocycles. The predicted molar refractivity (Wildman–Crippen MR) is 117 cm³/mol. The molecule has 0 aliphatic carbocycles. The van der Waals surface area contributed by atoms with Crippen LogP contribution in [-0.4, -0.2) is 19.2 Å². The Kier molecular flexibility index (Phi) is 4.24. The second-order valence-corrected chi connectivity index (χ2v) is 6.99. The maximum atomic E-state index is 6.27. The highest BCUT2D eigenvalue weighted by Crippen LogP contribution is 2.42. The zero-order valence-corrected chi connectivity index (χ0v) is 16.4. The lowest BCUT2D eigenvalue weighted by atomic mass is 10.0. The van der Waals surface area contributed by atoms with Crippen molar-refractivity contribution in [1.82, 2.24) is 4.98 Å². The van der Waals surface area contributed by atoms with Crippen LogP contribution in [0.5, 0.6) is 17.2 Å². The molecule has 1 aromatic heterocycles. The molecule has 4 aromatic carbocycles. The van der Waals surface area contributed by atoms with Gasteiger partial charge in [0.25, 0.3) is 0 Å². The maximum absolute atomic E-state index is 6.27. The summed E-state index contributed by atoms with van der Waals surface area (Å²) in [4.78, 5) is 3.52. The van der Waals surface area contributed by atoms with Crippen molar-refractivity contribution in [2.45, 2.75) is 6.61 Å². The fourth-order valence-electron chi connectivity index (χ4n) is 3.91. The molecule has 0 bridgehead atoms. The van der Waals surface area contributed by atoms with Crippen LogP contribution in [0, 0.1) is 0 Å². The summed E-state index contributed by atoms with van der Waals surface area (Å²) in [6, 6.07) is 24.6. The number of rotatable bonds is 5. The van der Waals surface area contributed by atoms with Gasteiger partial charge < -0.3 is 19.2 Å². The zero-order chi connectivity index (χ0) is 19.8. The molecule has 0 amide bonds. The first-order valence-corrected chi connectivity index (χ1v) is 9.54. The number of aromatic amines is 1. The van der Waals surface area contributed by atoms with Gasteiger partial charge in [-0.2, -0.15) is 0 Å². The van der Waals surface area contributed by atoms with Crippen LogP contribution in [0.4, 0.5) is 0 Å². The number of hydrogen-bond donors (Lipinski definition) is 1. The minimum Gasteiger partial charge on any atom is -0.493 e. The van der Waals surface area contributed by atoms with Gasteiger partial charge >= 0.3 is 0 Å². The van der Waals surface area contributed by atoms with Crippen molar-refractivity contribution in [1.29, 1.82) is 0 Å². The highest BCUT2D eigenvalue weighted by atomic mass is 16.5. The molecule has 4 heteroatoms. The van der Waals surface area contributed by atoms with Crippen LogP contribution in [0.15, 0.2) is 72.8 Å². The van der Waals surface area contributed by atoms with Crippen LogP contribution >= 0.6 is 0 Å². The summed E-state index contributed by atoms with van der Waals surface area (Å²) in [6.45, 7) is 0.496. The van der Waals surface area contributed by atoms with Crippen molar-refractivity contribution >= 4 is 32.6 Å². The number of benzene rings is 4. The maximum Gasteiger partial charge on any atom is 0.161 e. The summed E-state index contributed by atoms with van der Waals surface area (Å²) in [5.41, 5.74) is 3.26. The number of nitrogens with one attached hydrogen (secondary N) is 1. The van der Waals surface area contributed by atoms with E-state index in [2.05, 4.69) is 41.4 Å². The minimum absolute atomic E-state index is 0.496. The molecule has 1 N–H and O–H groups in total. The Morgan fingerprint density at radius 3 is 2.10 bits per heavy atom. The van der Waals surface area contributed by atoms with Crippen molar-refractivity contribution in [2.24, 2.45) is 0 Å². The zero-order valence-electron chi connectivity index (χ0n) is 16.4. The fourth-order valence-corrected chi connectivity index (χ4v) is 3.91. The quantitative estimate of drug-likeness (QED) is 0.400. The van der Waals surface area contributed by atoms with Crippen molar-refractivity contribution in [3.05, 3.63) is 78.4 Å². The van der Waals surface area contributed by atoms with Crippen LogP contribution in [-0.2, 0) is 6.61 Å². The summed E-state index contributed by atoms with van der Waals surface area (Å²) >= 11 is 0. The van der Waals surface area contributed by atoms with Crippen LogP contribution in [0.1, 0.15) is 5.56 Å². The van der Waals surface area contributed by atoms with E-state index in [0.717, 1.165) is 38.5 Å². The number of methoxy groups -OCH3 is 2. The van der Waals surface area contributed by atoms with Crippen LogP contribution < -0.4 is 14.2 Å². The third-order valence-corrected chi connectivity index (χ3v) is 5.31. The molecule has 0 radical (unpaired) electrons. The van der Waals surface area contributed by atoms with Crippen LogP contribution in [0.2, 0.25) is 0 Å². The molecule has 0 fully saturated rings. The molecule has 5 aromatic rings. The topological polar surface area (TPSA) is 43.5 Å². The number of para-hydroxylation sites is 1. The average Bonchev–Trinajstić information content (AvgIpc) is 3.15. The summed E-state index contributed by atoms with van der Waals surface area (Å²) in [7, 11) is 3.31. The Hall–Kier alpha value is -3.66. The standard InChI is InChI=1S/C25H21NO3/c1-27-23-12-18-19(13-24(23)28-2)25-17-10-6-7-11-20(17)26-21(25)14-22(18)29-15-16-8-4-3-5-9-16/h3-14,26H,15H2,1-2H3.